The van der Waals surface area contributed by atoms with E-state index in [1.165, 1.54) is 17.0 Å². The molecule has 0 bridgehead atoms. The molecule has 0 aliphatic carbocycles. The van der Waals surface area contributed by atoms with Gasteiger partial charge in [0, 0.05) is 24.0 Å². The minimum absolute atomic E-state index is 0.0695. The number of halogens is 1. The highest BCUT2D eigenvalue weighted by Gasteiger charge is 2.34. The van der Waals surface area contributed by atoms with Gasteiger partial charge in [0.05, 0.1) is 10.6 Å². The van der Waals surface area contributed by atoms with E-state index in [2.05, 4.69) is 21.2 Å². The summed E-state index contributed by atoms with van der Waals surface area (Å²) in [5.74, 6) is -0.803. The third kappa shape index (κ3) is 7.86. The number of nitrogens with one attached hydrogen (secondary N) is 1. The summed E-state index contributed by atoms with van der Waals surface area (Å²) in [4.78, 5) is 29.4. The molecular weight excluding hydrogens is 614 g/mol. The van der Waals surface area contributed by atoms with Crippen molar-refractivity contribution in [2.45, 2.75) is 37.8 Å². The highest BCUT2D eigenvalue weighted by Crippen LogP contribution is 2.27. The van der Waals surface area contributed by atoms with Crippen molar-refractivity contribution in [1.82, 2.24) is 10.2 Å². The molecule has 0 saturated heterocycles. The van der Waals surface area contributed by atoms with Crippen molar-refractivity contribution >= 4 is 43.5 Å². The third-order valence-electron chi connectivity index (χ3n) is 6.80. The van der Waals surface area contributed by atoms with Crippen LogP contribution in [0.4, 0.5) is 5.69 Å². The Morgan fingerprint density at radius 3 is 2.05 bits per heavy atom. The average molecular weight is 649 g/mol. The lowest BCUT2D eigenvalue weighted by atomic mass is 10.0. The lowest BCUT2D eigenvalue weighted by Gasteiger charge is -2.33. The molecule has 218 valence electrons. The largest absolute Gasteiger partial charge is 0.355 e. The van der Waals surface area contributed by atoms with E-state index in [9.17, 15) is 18.0 Å². The molecule has 0 radical (unpaired) electrons. The van der Waals surface area contributed by atoms with E-state index in [4.69, 9.17) is 0 Å². The lowest BCUT2D eigenvalue weighted by molar-refractivity contribution is -0.140. The van der Waals surface area contributed by atoms with Gasteiger partial charge in [0.2, 0.25) is 11.8 Å². The molecule has 0 heterocycles. The highest BCUT2D eigenvalue weighted by atomic mass is 79.9. The van der Waals surface area contributed by atoms with Crippen LogP contribution in [0.2, 0.25) is 0 Å². The van der Waals surface area contributed by atoms with Gasteiger partial charge in [0.1, 0.15) is 12.6 Å². The van der Waals surface area contributed by atoms with Gasteiger partial charge >= 0.3 is 0 Å². The molecule has 1 atom stereocenters. The van der Waals surface area contributed by atoms with Gasteiger partial charge in [-0.2, -0.15) is 0 Å². The van der Waals surface area contributed by atoms with Crippen molar-refractivity contribution in [1.29, 1.82) is 0 Å². The van der Waals surface area contributed by atoms with Gasteiger partial charge in [-0.3, -0.25) is 13.9 Å². The monoisotopic (exact) mass is 647 g/mol. The Kier molecular flexibility index (Phi) is 10.5. The number of hydrogen-bond acceptors (Lipinski definition) is 4. The van der Waals surface area contributed by atoms with Crippen molar-refractivity contribution < 1.29 is 18.0 Å². The molecule has 0 spiro atoms. The summed E-state index contributed by atoms with van der Waals surface area (Å²) in [6.07, 6.45) is 0.271. The summed E-state index contributed by atoms with van der Waals surface area (Å²) in [6.45, 7) is 3.73. The number of anilines is 1. The summed E-state index contributed by atoms with van der Waals surface area (Å²) in [5, 5.41) is 2.87. The Balaban J connectivity index is 1.78. The number of carbonyl (C=O) groups is 2. The van der Waals surface area contributed by atoms with Crippen LogP contribution in [0.25, 0.3) is 0 Å². The van der Waals surface area contributed by atoms with Crippen LogP contribution >= 0.6 is 15.9 Å². The van der Waals surface area contributed by atoms with E-state index < -0.39 is 28.5 Å². The Morgan fingerprint density at radius 1 is 0.833 bits per heavy atom. The minimum Gasteiger partial charge on any atom is -0.355 e. The van der Waals surface area contributed by atoms with Crippen molar-refractivity contribution in [2.24, 2.45) is 0 Å². The second-order valence-corrected chi connectivity index (χ2v) is 12.7. The van der Waals surface area contributed by atoms with Crippen LogP contribution in [0.1, 0.15) is 23.6 Å². The molecule has 1 N–H and O–H groups in total. The molecular formula is C33H34BrN3O4S. The van der Waals surface area contributed by atoms with Crippen LogP contribution in [0.3, 0.4) is 0 Å². The second-order valence-electron chi connectivity index (χ2n) is 9.91. The molecule has 0 fully saturated rings. The number of hydrogen-bond donors (Lipinski definition) is 1. The first-order chi connectivity index (χ1) is 20.2. The van der Waals surface area contributed by atoms with E-state index >= 15 is 0 Å². The predicted octanol–water partition coefficient (Wildman–Crippen LogP) is 5.73. The molecule has 42 heavy (non-hydrogen) atoms. The molecule has 9 heteroatoms. The molecule has 2 amide bonds. The zero-order valence-electron chi connectivity index (χ0n) is 23.6. The maximum Gasteiger partial charge on any atom is 0.264 e. The Hall–Kier alpha value is -3.95. The number of likely N-dealkylation sites (N-methyl/N-ethyl adjacent to an activating group) is 1. The Labute approximate surface area is 256 Å². The van der Waals surface area contributed by atoms with Crippen molar-refractivity contribution in [3.8, 4) is 0 Å². The van der Waals surface area contributed by atoms with Crippen LogP contribution in [0, 0.1) is 6.92 Å². The summed E-state index contributed by atoms with van der Waals surface area (Å²) >= 11 is 3.43. The molecule has 0 aliphatic heterocycles. The molecule has 0 unspecified atom stereocenters. The molecule has 0 aliphatic rings. The number of carbonyl (C=O) groups excluding carboxylic acids is 2. The van der Waals surface area contributed by atoms with Crippen LogP contribution < -0.4 is 9.62 Å². The summed E-state index contributed by atoms with van der Waals surface area (Å²) in [5.41, 5.74) is 2.95. The number of sulfonamides is 1. The maximum atomic E-state index is 14.3. The first-order valence-corrected chi connectivity index (χ1v) is 15.9. The van der Waals surface area contributed by atoms with E-state index in [-0.39, 0.29) is 23.8 Å². The van der Waals surface area contributed by atoms with E-state index in [0.717, 1.165) is 21.0 Å². The molecule has 0 aromatic heterocycles. The summed E-state index contributed by atoms with van der Waals surface area (Å²) < 4.78 is 29.8. The predicted molar refractivity (Wildman–Crippen MR) is 169 cm³/mol. The molecule has 4 rings (SSSR count). The van der Waals surface area contributed by atoms with Gasteiger partial charge in [-0.05, 0) is 55.3 Å². The van der Waals surface area contributed by atoms with Crippen LogP contribution in [-0.4, -0.2) is 44.3 Å². The number of aryl methyl sites for hydroxylation is 1. The van der Waals surface area contributed by atoms with E-state index in [1.807, 2.05) is 74.5 Å². The van der Waals surface area contributed by atoms with Gasteiger partial charge in [-0.25, -0.2) is 8.42 Å². The molecule has 4 aromatic rings. The standard InChI is InChI=1S/C33H34BrN3O4S/c1-3-35-33(39)31(21-26-11-6-4-7-12-26)36(23-27-13-8-5-9-14-27)32(38)24-37(29-16-10-15-28(34)22-29)42(40,41)30-19-17-25(2)18-20-30/h4-20,22,31H,3,21,23-24H2,1-2H3,(H,35,39)/t31-/m1/s1. The second kappa shape index (κ2) is 14.3. The molecule has 7 nitrogen and oxygen atoms in total. The first kappa shape index (κ1) is 31.0. The number of benzene rings is 4. The zero-order valence-corrected chi connectivity index (χ0v) is 26.0. The highest BCUT2D eigenvalue weighted by molar-refractivity contribution is 9.10. The Morgan fingerprint density at radius 2 is 1.45 bits per heavy atom. The van der Waals surface area contributed by atoms with Gasteiger partial charge in [0.25, 0.3) is 10.0 Å². The smallest absolute Gasteiger partial charge is 0.264 e. The average Bonchev–Trinajstić information content (AvgIpc) is 2.99. The Bertz CT molecular complexity index is 1600. The summed E-state index contributed by atoms with van der Waals surface area (Å²) in [6, 6.07) is 31.3. The summed E-state index contributed by atoms with van der Waals surface area (Å²) in [7, 11) is -4.14. The van der Waals surface area contributed by atoms with Crippen molar-refractivity contribution in [3.05, 3.63) is 130 Å². The van der Waals surface area contributed by atoms with Crippen LogP contribution in [0.5, 0.6) is 0 Å². The van der Waals surface area contributed by atoms with Gasteiger partial charge in [-0.15, -0.1) is 0 Å². The fourth-order valence-corrected chi connectivity index (χ4v) is 6.42. The molecule has 4 aromatic carbocycles. The quantitative estimate of drug-likeness (QED) is 0.213. The normalized spacial score (nSPS) is 11.9. The van der Waals surface area contributed by atoms with Crippen LogP contribution in [-0.2, 0) is 32.6 Å². The fraction of sp³-hybridized carbons (Fsp3) is 0.212. The number of amides is 2. The fourth-order valence-electron chi connectivity index (χ4n) is 4.62. The topological polar surface area (TPSA) is 86.8 Å². The van der Waals surface area contributed by atoms with Gasteiger partial charge in [0.15, 0.2) is 0 Å². The number of rotatable bonds is 12. The van der Waals surface area contributed by atoms with E-state index in [1.54, 1.807) is 36.4 Å². The minimum atomic E-state index is -4.14. The first-order valence-electron chi connectivity index (χ1n) is 13.7. The molecule has 0 saturated carbocycles. The lowest BCUT2D eigenvalue weighted by Crippen LogP contribution is -2.53. The van der Waals surface area contributed by atoms with Gasteiger partial charge < -0.3 is 10.2 Å². The van der Waals surface area contributed by atoms with E-state index in [0.29, 0.717) is 16.7 Å². The van der Waals surface area contributed by atoms with Crippen molar-refractivity contribution in [3.63, 3.8) is 0 Å². The van der Waals surface area contributed by atoms with Crippen molar-refractivity contribution in [2.75, 3.05) is 17.4 Å². The van der Waals surface area contributed by atoms with Crippen LogP contribution in [0.15, 0.2) is 119 Å². The number of nitrogens with zero attached hydrogens (tertiary/aromatic N) is 2. The zero-order chi connectivity index (χ0) is 30.1. The maximum absolute atomic E-state index is 14.3. The third-order valence-corrected chi connectivity index (χ3v) is 9.08. The van der Waals surface area contributed by atoms with Gasteiger partial charge in [-0.1, -0.05) is 100 Å². The SMILES string of the molecule is CCNC(=O)[C@@H](Cc1ccccc1)N(Cc1ccccc1)C(=O)CN(c1cccc(Br)c1)S(=O)(=O)c1ccc(C)cc1.